The van der Waals surface area contributed by atoms with E-state index in [0.717, 1.165) is 0 Å². The molecule has 2 aromatic rings. The maximum atomic E-state index is 12.5. The molecular formula is C17H14F2N2O4S. The molecule has 1 aromatic carbocycles. The van der Waals surface area contributed by atoms with E-state index in [1.165, 1.54) is 49.5 Å². The molecule has 1 amide bonds. The smallest absolute Gasteiger partial charge is 0.341 e. The van der Waals surface area contributed by atoms with Gasteiger partial charge in [-0.3, -0.25) is 9.59 Å². The average molecular weight is 380 g/mol. The predicted octanol–water partition coefficient (Wildman–Crippen LogP) is 3.39. The topological polar surface area (TPSA) is 85.4 Å². The lowest BCUT2D eigenvalue weighted by molar-refractivity contribution is -0.114. The van der Waals surface area contributed by atoms with Crippen LogP contribution < -0.4 is 5.32 Å². The van der Waals surface area contributed by atoms with E-state index in [2.05, 4.69) is 10.3 Å². The van der Waals surface area contributed by atoms with Gasteiger partial charge in [0.05, 0.1) is 5.56 Å². The molecule has 0 aliphatic heterocycles. The summed E-state index contributed by atoms with van der Waals surface area (Å²) in [6.45, 7) is 0.809. The number of hydrogen-bond acceptors (Lipinski definition) is 6. The Bertz CT molecular complexity index is 813. The standard InChI is InChI=1S/C17H14F2N2O4S/c1-10(22)21-12-6-4-11(5-7-12)14(23)9-25-16(24)13-3-2-8-20-15(13)26-17(18)19/h2-8,17H,9H2,1H3,(H,21,22). The van der Waals surface area contributed by atoms with Gasteiger partial charge >= 0.3 is 5.97 Å². The monoisotopic (exact) mass is 380 g/mol. The number of aromatic nitrogens is 1. The Morgan fingerprint density at radius 1 is 1.19 bits per heavy atom. The molecule has 0 spiro atoms. The molecule has 136 valence electrons. The third-order valence-electron chi connectivity index (χ3n) is 3.05. The number of Topliss-reactive ketones (excluding diaryl/α,β-unsaturated/α-hetero) is 1. The molecule has 0 aliphatic rings. The Hall–Kier alpha value is -2.81. The van der Waals surface area contributed by atoms with E-state index in [1.54, 1.807) is 0 Å². The molecule has 0 aliphatic carbocycles. The van der Waals surface area contributed by atoms with Crippen molar-refractivity contribution >= 4 is 35.1 Å². The highest BCUT2D eigenvalue weighted by Crippen LogP contribution is 2.26. The first-order valence-electron chi connectivity index (χ1n) is 7.34. The fraction of sp³-hybridized carbons (Fsp3) is 0.176. The largest absolute Gasteiger partial charge is 0.454 e. The molecule has 0 saturated heterocycles. The Morgan fingerprint density at radius 3 is 2.50 bits per heavy atom. The number of nitrogens with one attached hydrogen (secondary N) is 1. The summed E-state index contributed by atoms with van der Waals surface area (Å²) in [6.07, 6.45) is 1.28. The second-order valence-electron chi connectivity index (χ2n) is 4.99. The number of pyridine rings is 1. The lowest BCUT2D eigenvalue weighted by Gasteiger charge is -2.08. The summed E-state index contributed by atoms with van der Waals surface area (Å²) in [7, 11) is 0. The summed E-state index contributed by atoms with van der Waals surface area (Å²) in [5, 5.41) is 2.39. The number of thioether (sulfide) groups is 1. The van der Waals surface area contributed by atoms with Crippen LogP contribution in [0.4, 0.5) is 14.5 Å². The van der Waals surface area contributed by atoms with Crippen molar-refractivity contribution in [3.8, 4) is 0 Å². The summed E-state index contributed by atoms with van der Waals surface area (Å²) in [4.78, 5) is 38.8. The van der Waals surface area contributed by atoms with Gasteiger partial charge in [0.25, 0.3) is 5.76 Å². The molecule has 6 nitrogen and oxygen atoms in total. The van der Waals surface area contributed by atoms with Crippen molar-refractivity contribution in [1.82, 2.24) is 4.98 Å². The number of ketones is 1. The third-order valence-corrected chi connectivity index (χ3v) is 3.78. The minimum atomic E-state index is -2.74. The van der Waals surface area contributed by atoms with E-state index in [1.807, 2.05) is 0 Å². The van der Waals surface area contributed by atoms with Crippen molar-refractivity contribution in [3.05, 3.63) is 53.7 Å². The molecule has 1 heterocycles. The van der Waals surface area contributed by atoms with Gasteiger partial charge in [-0.1, -0.05) is 0 Å². The normalized spacial score (nSPS) is 10.5. The van der Waals surface area contributed by atoms with Gasteiger partial charge in [0.2, 0.25) is 5.91 Å². The van der Waals surface area contributed by atoms with Gasteiger partial charge in [0.1, 0.15) is 5.03 Å². The van der Waals surface area contributed by atoms with Crippen LogP contribution in [0.25, 0.3) is 0 Å². The van der Waals surface area contributed by atoms with Crippen molar-refractivity contribution in [2.24, 2.45) is 0 Å². The predicted molar refractivity (Wildman–Crippen MR) is 91.5 cm³/mol. The summed E-state index contributed by atoms with van der Waals surface area (Å²) >= 11 is 0.126. The maximum absolute atomic E-state index is 12.5. The number of esters is 1. The molecular weight excluding hydrogens is 366 g/mol. The van der Waals surface area contributed by atoms with Crippen LogP contribution in [0.3, 0.4) is 0 Å². The average Bonchev–Trinajstić information content (AvgIpc) is 2.59. The van der Waals surface area contributed by atoms with Crippen molar-refractivity contribution in [1.29, 1.82) is 0 Å². The molecule has 1 N–H and O–H groups in total. The molecule has 1 aromatic heterocycles. The van der Waals surface area contributed by atoms with Gasteiger partial charge < -0.3 is 10.1 Å². The molecule has 9 heteroatoms. The van der Waals surface area contributed by atoms with E-state index in [9.17, 15) is 23.2 Å². The Balaban J connectivity index is 1.99. The van der Waals surface area contributed by atoms with Crippen LogP contribution in [0.5, 0.6) is 0 Å². The van der Waals surface area contributed by atoms with Gasteiger partial charge in [-0.15, -0.1) is 0 Å². The van der Waals surface area contributed by atoms with Crippen molar-refractivity contribution in [2.75, 3.05) is 11.9 Å². The van der Waals surface area contributed by atoms with E-state index < -0.39 is 24.1 Å². The first kappa shape index (κ1) is 19.5. The molecule has 0 atom stereocenters. The second-order valence-corrected chi connectivity index (χ2v) is 5.97. The van der Waals surface area contributed by atoms with Crippen LogP contribution in [-0.4, -0.2) is 35.0 Å². The van der Waals surface area contributed by atoms with Gasteiger partial charge in [0, 0.05) is 24.4 Å². The lowest BCUT2D eigenvalue weighted by atomic mass is 10.1. The fourth-order valence-electron chi connectivity index (χ4n) is 1.96. The highest BCUT2D eigenvalue weighted by Gasteiger charge is 2.19. The third kappa shape index (κ3) is 5.62. The molecule has 0 radical (unpaired) electrons. The number of hydrogen-bond donors (Lipinski definition) is 1. The van der Waals surface area contributed by atoms with Crippen LogP contribution in [0.15, 0.2) is 47.6 Å². The molecule has 0 saturated carbocycles. The summed E-state index contributed by atoms with van der Waals surface area (Å²) < 4.78 is 29.9. The first-order valence-corrected chi connectivity index (χ1v) is 8.22. The number of halogens is 2. The Labute approximate surface area is 151 Å². The number of rotatable bonds is 7. The number of alkyl halides is 2. The van der Waals surface area contributed by atoms with Crippen molar-refractivity contribution < 1.29 is 27.9 Å². The SMILES string of the molecule is CC(=O)Nc1ccc(C(=O)COC(=O)c2cccnc2SC(F)F)cc1. The number of carbonyl (C=O) groups is 3. The summed E-state index contributed by atoms with van der Waals surface area (Å²) in [6, 6.07) is 8.73. The van der Waals surface area contributed by atoms with Crippen LogP contribution in [0.1, 0.15) is 27.6 Å². The number of benzene rings is 1. The van der Waals surface area contributed by atoms with Crippen LogP contribution in [-0.2, 0) is 9.53 Å². The zero-order chi connectivity index (χ0) is 19.1. The number of amides is 1. The van der Waals surface area contributed by atoms with E-state index in [0.29, 0.717) is 5.69 Å². The second kappa shape index (κ2) is 9.04. The van der Waals surface area contributed by atoms with Gasteiger partial charge in [-0.2, -0.15) is 8.78 Å². The van der Waals surface area contributed by atoms with Crippen LogP contribution in [0.2, 0.25) is 0 Å². The fourth-order valence-corrected chi connectivity index (χ4v) is 2.53. The zero-order valence-electron chi connectivity index (χ0n) is 13.6. The highest BCUT2D eigenvalue weighted by atomic mass is 32.2. The quantitative estimate of drug-likeness (QED) is 0.450. The van der Waals surface area contributed by atoms with Crippen LogP contribution >= 0.6 is 11.8 Å². The Morgan fingerprint density at radius 2 is 1.88 bits per heavy atom. The van der Waals surface area contributed by atoms with E-state index >= 15 is 0 Å². The van der Waals surface area contributed by atoms with Gasteiger partial charge in [0.15, 0.2) is 12.4 Å². The number of nitrogens with zero attached hydrogens (tertiary/aromatic N) is 1. The minimum absolute atomic E-state index is 0.126. The summed E-state index contributed by atoms with van der Waals surface area (Å²) in [5.41, 5.74) is 0.668. The maximum Gasteiger partial charge on any atom is 0.341 e. The molecule has 0 unspecified atom stereocenters. The number of anilines is 1. The molecule has 26 heavy (non-hydrogen) atoms. The molecule has 0 fully saturated rings. The number of carbonyl (C=O) groups excluding carboxylic acids is 3. The summed E-state index contributed by atoms with van der Waals surface area (Å²) in [5.74, 6) is -4.36. The first-order chi connectivity index (χ1) is 12.4. The van der Waals surface area contributed by atoms with Gasteiger partial charge in [-0.05, 0) is 48.2 Å². The lowest BCUT2D eigenvalue weighted by Crippen LogP contribution is -2.15. The van der Waals surface area contributed by atoms with Crippen molar-refractivity contribution in [2.45, 2.75) is 17.7 Å². The van der Waals surface area contributed by atoms with E-state index in [-0.39, 0.29) is 33.8 Å². The molecule has 2 rings (SSSR count). The zero-order valence-corrected chi connectivity index (χ0v) is 14.4. The van der Waals surface area contributed by atoms with Gasteiger partial charge in [-0.25, -0.2) is 9.78 Å². The van der Waals surface area contributed by atoms with Crippen molar-refractivity contribution in [3.63, 3.8) is 0 Å². The van der Waals surface area contributed by atoms with E-state index in [4.69, 9.17) is 4.74 Å². The molecule has 0 bridgehead atoms. The minimum Gasteiger partial charge on any atom is -0.454 e. The van der Waals surface area contributed by atoms with Crippen LogP contribution in [0, 0.1) is 0 Å². The highest BCUT2D eigenvalue weighted by molar-refractivity contribution is 7.99. The Kier molecular flexibility index (Phi) is 6.79. The number of ether oxygens (including phenoxy) is 1.